The Labute approximate surface area is 389 Å². The molecule has 3 nitrogen and oxygen atoms in total. The van der Waals surface area contributed by atoms with E-state index in [1.165, 1.54) is 134 Å². The zero-order chi connectivity index (χ0) is 41.1. The maximum atomic E-state index is 7.58. The number of rotatable bonds is 15. The van der Waals surface area contributed by atoms with Crippen LogP contribution in [0.15, 0.2) is 164 Å². The molecule has 0 spiro atoms. The van der Waals surface area contributed by atoms with E-state index in [-0.39, 0.29) is 0 Å². The molecular weight excluding hydrogens is 1090 g/mol. The summed E-state index contributed by atoms with van der Waals surface area (Å²) in [6, 6.07) is 61.4. The third kappa shape index (κ3) is 11.6. The van der Waals surface area contributed by atoms with Gasteiger partial charge in [-0.25, -0.2) is 0 Å². The molecule has 3 saturated carbocycles. The summed E-state index contributed by atoms with van der Waals surface area (Å²) < 4.78 is 30.3. The van der Waals surface area contributed by atoms with E-state index >= 15 is 0 Å². The van der Waals surface area contributed by atoms with Crippen LogP contribution in [0.3, 0.4) is 0 Å². The molecule has 3 aliphatic rings. The zero-order valence-electron chi connectivity index (χ0n) is 35.4. The van der Waals surface area contributed by atoms with Crippen LogP contribution >= 0.6 is 60.7 Å². The van der Waals surface area contributed by atoms with Crippen LogP contribution in [0, 0.1) is 21.4 Å². The number of benzene rings is 6. The predicted molar refractivity (Wildman–Crippen MR) is 279 cm³/mol. The molecule has 0 heterocycles. The van der Waals surface area contributed by atoms with Crippen LogP contribution < -0.4 is 0 Å². The van der Waals surface area contributed by atoms with E-state index in [0.29, 0.717) is 17.8 Å². The first-order valence-corrected chi connectivity index (χ1v) is 31.9. The Morgan fingerprint density at radius 1 is 0.279 bits per heavy atom. The summed E-state index contributed by atoms with van der Waals surface area (Å²) in [5.41, 5.74) is 4.42. The van der Waals surface area contributed by atoms with Crippen molar-refractivity contribution in [1.29, 1.82) is 0 Å². The Morgan fingerprint density at radius 2 is 0.508 bits per heavy atom. The Morgan fingerprint density at radius 3 is 0.754 bits per heavy atom. The molecule has 61 heavy (non-hydrogen) atoms. The maximum absolute atomic E-state index is 7.58. The molecule has 0 bridgehead atoms. The summed E-state index contributed by atoms with van der Waals surface area (Å²) in [4.78, 5) is 0. The average Bonchev–Trinajstić information content (AvgIpc) is 3.35. The SMILES string of the molecule is c1ccc(I(OB(OI(c2ccccc2)c2ccc(C3CCCCC3)cc2)OI(c2ccccc2)c2ccc(C3CCCCC3)cc2)c2ccc(C3CCCCC3)cc2)cc1. The van der Waals surface area contributed by atoms with Crippen LogP contribution in [0.25, 0.3) is 0 Å². The fourth-order valence-electron chi connectivity index (χ4n) is 9.39. The fraction of sp³-hybridized carbons (Fsp3) is 0.333. The first-order chi connectivity index (χ1) is 30.2. The van der Waals surface area contributed by atoms with Crippen molar-refractivity contribution in [3.63, 3.8) is 0 Å². The molecule has 0 saturated heterocycles. The van der Waals surface area contributed by atoms with Crippen molar-refractivity contribution >= 4 is 68.0 Å². The molecule has 0 aliphatic heterocycles. The Bertz CT molecular complexity index is 1930. The van der Waals surface area contributed by atoms with Gasteiger partial charge in [0.1, 0.15) is 0 Å². The van der Waals surface area contributed by atoms with Gasteiger partial charge in [0.25, 0.3) is 0 Å². The van der Waals surface area contributed by atoms with Gasteiger partial charge in [-0.05, 0) is 0 Å². The van der Waals surface area contributed by atoms with Crippen molar-refractivity contribution < 1.29 is 8.95 Å². The van der Waals surface area contributed by atoms with Crippen molar-refractivity contribution in [2.45, 2.75) is 114 Å². The summed E-state index contributed by atoms with van der Waals surface area (Å²) in [6.07, 6.45) is 19.9. The standard InChI is InChI=1S/C54H60BI3O3/c1-7-19-43(20-8-1)46-31-37-52(38-32-46)56(49-25-13-4-14-26-49)59-55(60-57(50-27-15-5-16-28-50)53-39-33-47(34-40-53)44-21-9-2-10-22-44)61-58(51-29-17-6-18-30-51)54-41-35-48(36-42-54)45-23-11-3-12-24-45/h4-6,13-18,25-45H,1-3,7-12,19-24H2. The normalized spacial score (nSPS) is 17.4. The topological polar surface area (TPSA) is 27.7 Å². The molecule has 0 radical (unpaired) electrons. The summed E-state index contributed by atoms with van der Waals surface area (Å²) in [5.74, 6) is 1.98. The van der Waals surface area contributed by atoms with Crippen LogP contribution in [0.4, 0.5) is 0 Å². The molecule has 6 aromatic rings. The first kappa shape index (κ1) is 43.7. The molecular formula is C54H60BI3O3. The van der Waals surface area contributed by atoms with E-state index in [1.807, 2.05) is 0 Å². The molecule has 0 atom stereocenters. The molecule has 7 heteroatoms. The molecule has 6 aromatic carbocycles. The van der Waals surface area contributed by atoms with Crippen molar-refractivity contribution in [3.8, 4) is 0 Å². The van der Waals surface area contributed by atoms with Crippen LogP contribution in [0.1, 0.15) is 131 Å². The van der Waals surface area contributed by atoms with Crippen molar-refractivity contribution in [1.82, 2.24) is 0 Å². The predicted octanol–water partition coefficient (Wildman–Crippen LogP) is 16.6. The van der Waals surface area contributed by atoms with Gasteiger partial charge in [-0.2, -0.15) is 0 Å². The van der Waals surface area contributed by atoms with Gasteiger partial charge in [0.2, 0.25) is 0 Å². The van der Waals surface area contributed by atoms with Crippen LogP contribution in [-0.2, 0) is 8.95 Å². The van der Waals surface area contributed by atoms with Gasteiger partial charge in [0, 0.05) is 0 Å². The molecule has 0 amide bonds. The molecule has 0 N–H and O–H groups in total. The number of halogens is 3. The molecule has 0 aromatic heterocycles. The Hall–Kier alpha value is -2.55. The Balaban J connectivity index is 1.10. The summed E-state index contributed by atoms with van der Waals surface area (Å²) in [7, 11) is -0.838. The molecule has 318 valence electrons. The van der Waals surface area contributed by atoms with E-state index < -0.39 is 68.0 Å². The van der Waals surface area contributed by atoms with Gasteiger partial charge < -0.3 is 0 Å². The zero-order valence-corrected chi connectivity index (χ0v) is 41.8. The van der Waals surface area contributed by atoms with Crippen LogP contribution in [0.2, 0.25) is 0 Å². The third-order valence-corrected chi connectivity index (χ3v) is 26.6. The molecule has 3 fully saturated rings. The number of hydrogen-bond donors (Lipinski definition) is 0. The second-order valence-electron chi connectivity index (χ2n) is 16.8. The van der Waals surface area contributed by atoms with Gasteiger partial charge in [0.15, 0.2) is 0 Å². The second kappa shape index (κ2) is 22.4. The van der Waals surface area contributed by atoms with Crippen LogP contribution in [0.5, 0.6) is 0 Å². The fourth-order valence-corrected chi connectivity index (χ4v) is 22.6. The summed E-state index contributed by atoms with van der Waals surface area (Å²) in [6.45, 7) is 0. The minimum absolute atomic E-state index is 0.660. The quantitative estimate of drug-likeness (QED) is 0.0758. The van der Waals surface area contributed by atoms with E-state index in [2.05, 4.69) is 164 Å². The molecule has 3 aliphatic carbocycles. The van der Waals surface area contributed by atoms with E-state index in [4.69, 9.17) is 8.95 Å². The molecule has 9 rings (SSSR count). The van der Waals surface area contributed by atoms with Gasteiger partial charge in [-0.3, -0.25) is 0 Å². The van der Waals surface area contributed by atoms with Crippen molar-refractivity contribution in [2.75, 3.05) is 0 Å². The minimum atomic E-state index is -2.57. The van der Waals surface area contributed by atoms with E-state index in [1.54, 1.807) is 0 Å². The summed E-state index contributed by atoms with van der Waals surface area (Å²) >= 11 is -7.71. The van der Waals surface area contributed by atoms with Crippen LogP contribution in [-0.4, -0.2) is 7.32 Å². The second-order valence-corrected chi connectivity index (χ2v) is 30.1. The van der Waals surface area contributed by atoms with Crippen molar-refractivity contribution in [3.05, 3.63) is 202 Å². The summed E-state index contributed by atoms with van der Waals surface area (Å²) in [5, 5.41) is 0. The third-order valence-electron chi connectivity index (χ3n) is 12.7. The van der Waals surface area contributed by atoms with Gasteiger partial charge in [-0.15, -0.1) is 0 Å². The Kier molecular flexibility index (Phi) is 16.0. The molecule has 0 unspecified atom stereocenters. The van der Waals surface area contributed by atoms with Crippen molar-refractivity contribution in [2.24, 2.45) is 0 Å². The van der Waals surface area contributed by atoms with Gasteiger partial charge >= 0.3 is 393 Å². The monoisotopic (exact) mass is 1150 g/mol. The van der Waals surface area contributed by atoms with Gasteiger partial charge in [-0.1, -0.05) is 0 Å². The van der Waals surface area contributed by atoms with E-state index in [9.17, 15) is 0 Å². The first-order valence-electron chi connectivity index (χ1n) is 22.8. The van der Waals surface area contributed by atoms with E-state index in [0.717, 1.165) is 0 Å². The van der Waals surface area contributed by atoms with Gasteiger partial charge in [0.05, 0.1) is 0 Å². The average molecular weight is 1150 g/mol. The number of hydrogen-bond acceptors (Lipinski definition) is 3.